The van der Waals surface area contributed by atoms with Gasteiger partial charge in [0.1, 0.15) is 4.90 Å². The molecule has 0 spiro atoms. The van der Waals surface area contributed by atoms with Crippen molar-refractivity contribution >= 4 is 28.4 Å². The van der Waals surface area contributed by atoms with Crippen molar-refractivity contribution in [2.24, 2.45) is 0 Å². The van der Waals surface area contributed by atoms with E-state index in [4.69, 9.17) is 10.3 Å². The van der Waals surface area contributed by atoms with Gasteiger partial charge >= 0.3 is 0 Å². The molecule has 0 heterocycles. The average Bonchev–Trinajstić information content (AvgIpc) is 2.15. The lowest BCUT2D eigenvalue weighted by Gasteiger charge is -2.09. The zero-order chi connectivity index (χ0) is 11.6. The van der Waals surface area contributed by atoms with Crippen molar-refractivity contribution in [1.82, 2.24) is 0 Å². The largest absolute Gasteiger partial charge is 0.398 e. The molecule has 1 rings (SSSR count). The Balaban J connectivity index is 3.46. The van der Waals surface area contributed by atoms with Gasteiger partial charge < -0.3 is 5.73 Å². The fraction of sp³-hybridized carbons (Fsp3) is 0.333. The number of rotatable bonds is 3. The van der Waals surface area contributed by atoms with Gasteiger partial charge in [-0.05, 0) is 29.7 Å². The third-order valence-electron chi connectivity index (χ3n) is 2.16. The number of anilines is 1. The van der Waals surface area contributed by atoms with E-state index >= 15 is 0 Å². The first-order valence-electron chi connectivity index (χ1n) is 4.39. The minimum absolute atomic E-state index is 0.0544. The number of hydrogen-bond acceptors (Lipinski definition) is 4. The van der Waals surface area contributed by atoms with Crippen LogP contribution in [-0.4, -0.2) is 13.0 Å². The zero-order valence-corrected chi connectivity index (χ0v) is 9.98. The first-order chi connectivity index (χ1) is 6.90. The smallest absolute Gasteiger partial charge is 0.296 e. The molecule has 4 nitrogen and oxygen atoms in total. The van der Waals surface area contributed by atoms with Crippen LogP contribution in [-0.2, 0) is 22.3 Å². The van der Waals surface area contributed by atoms with Crippen LogP contribution >= 0.6 is 12.6 Å². The molecule has 0 radical (unpaired) electrons. The zero-order valence-electron chi connectivity index (χ0n) is 8.27. The van der Waals surface area contributed by atoms with Crippen LogP contribution in [0.25, 0.3) is 0 Å². The molecular formula is C9H13NO3S2. The fourth-order valence-electron chi connectivity index (χ4n) is 1.39. The highest BCUT2D eigenvalue weighted by molar-refractivity contribution is 7.86. The lowest BCUT2D eigenvalue weighted by molar-refractivity contribution is 0.483. The van der Waals surface area contributed by atoms with Gasteiger partial charge in [-0.1, -0.05) is 6.92 Å². The lowest BCUT2D eigenvalue weighted by Crippen LogP contribution is -2.05. The predicted molar refractivity (Wildman–Crippen MR) is 62.7 cm³/mol. The van der Waals surface area contributed by atoms with Gasteiger partial charge in [0.15, 0.2) is 0 Å². The van der Waals surface area contributed by atoms with Crippen molar-refractivity contribution in [2.75, 3.05) is 5.73 Å². The monoisotopic (exact) mass is 247 g/mol. The third-order valence-corrected chi connectivity index (χ3v) is 3.41. The van der Waals surface area contributed by atoms with E-state index in [0.717, 1.165) is 11.1 Å². The van der Waals surface area contributed by atoms with Crippen LogP contribution in [0, 0.1) is 0 Å². The van der Waals surface area contributed by atoms with Crippen LogP contribution in [0.1, 0.15) is 18.1 Å². The van der Waals surface area contributed by atoms with Crippen molar-refractivity contribution in [3.63, 3.8) is 0 Å². The Hall–Kier alpha value is -0.720. The summed E-state index contributed by atoms with van der Waals surface area (Å²) in [6.07, 6.45) is 0.665. The molecule has 0 aliphatic rings. The Kier molecular flexibility index (Phi) is 3.64. The molecule has 0 atom stereocenters. The molecule has 0 amide bonds. The summed E-state index contributed by atoms with van der Waals surface area (Å²) in [7, 11) is -4.24. The molecule has 84 valence electrons. The Labute approximate surface area is 94.6 Å². The van der Waals surface area contributed by atoms with Gasteiger partial charge in [0.05, 0.1) is 5.69 Å². The van der Waals surface area contributed by atoms with E-state index in [-0.39, 0.29) is 10.6 Å². The van der Waals surface area contributed by atoms with Gasteiger partial charge in [0, 0.05) is 5.75 Å². The number of hydrogen-bond donors (Lipinski definition) is 3. The van der Waals surface area contributed by atoms with E-state index in [1.165, 1.54) is 12.1 Å². The second-order valence-electron chi connectivity index (χ2n) is 3.15. The second-order valence-corrected chi connectivity index (χ2v) is 4.85. The van der Waals surface area contributed by atoms with E-state index in [9.17, 15) is 8.42 Å². The van der Waals surface area contributed by atoms with Crippen molar-refractivity contribution in [2.45, 2.75) is 24.0 Å². The maximum Gasteiger partial charge on any atom is 0.296 e. The number of thiol groups is 1. The summed E-state index contributed by atoms with van der Waals surface area (Å²) in [5.41, 5.74) is 7.29. The second kappa shape index (κ2) is 4.42. The van der Waals surface area contributed by atoms with Gasteiger partial charge in [-0.3, -0.25) is 4.55 Å². The van der Waals surface area contributed by atoms with Gasteiger partial charge in [0.2, 0.25) is 0 Å². The first kappa shape index (κ1) is 12.4. The summed E-state index contributed by atoms with van der Waals surface area (Å²) in [5, 5.41) is 0. The van der Waals surface area contributed by atoms with Gasteiger partial charge in [-0.25, -0.2) is 0 Å². The predicted octanol–water partition coefficient (Wildman–Crippen LogP) is 1.51. The quantitative estimate of drug-likeness (QED) is 0.429. The minimum atomic E-state index is -4.24. The van der Waals surface area contributed by atoms with Crippen molar-refractivity contribution in [3.05, 3.63) is 23.3 Å². The number of aryl methyl sites for hydroxylation is 1. The van der Waals surface area contributed by atoms with E-state index in [1.807, 2.05) is 6.92 Å². The molecule has 0 fully saturated rings. The maximum absolute atomic E-state index is 11.0. The SMILES string of the molecule is CCc1cc(S(=O)(=O)O)c(N)cc1CS. The van der Waals surface area contributed by atoms with Crippen LogP contribution in [0.3, 0.4) is 0 Å². The van der Waals surface area contributed by atoms with Gasteiger partial charge in [-0.2, -0.15) is 21.0 Å². The van der Waals surface area contributed by atoms with E-state index in [2.05, 4.69) is 12.6 Å². The molecule has 0 aliphatic heterocycles. The molecule has 1 aromatic carbocycles. The third kappa shape index (κ3) is 2.64. The topological polar surface area (TPSA) is 80.4 Å². The van der Waals surface area contributed by atoms with Crippen LogP contribution in [0.2, 0.25) is 0 Å². The Bertz CT molecular complexity index is 468. The summed E-state index contributed by atoms with van der Waals surface area (Å²) in [6, 6.07) is 2.94. The summed E-state index contributed by atoms with van der Waals surface area (Å²) < 4.78 is 30.9. The van der Waals surface area contributed by atoms with Crippen LogP contribution in [0.15, 0.2) is 17.0 Å². The molecule has 6 heteroatoms. The highest BCUT2D eigenvalue weighted by Crippen LogP contribution is 2.24. The fourth-order valence-corrected chi connectivity index (χ4v) is 2.33. The average molecular weight is 247 g/mol. The van der Waals surface area contributed by atoms with E-state index in [1.54, 1.807) is 0 Å². The standard InChI is InChI=1S/C9H13NO3S2/c1-2-6-4-9(15(11,12)13)8(10)3-7(6)5-14/h3-4,14H,2,5,10H2,1H3,(H,11,12,13). The Morgan fingerprint density at radius 2 is 2.00 bits per heavy atom. The summed E-state index contributed by atoms with van der Waals surface area (Å²) in [6.45, 7) is 1.90. The highest BCUT2D eigenvalue weighted by Gasteiger charge is 2.16. The molecule has 0 bridgehead atoms. The highest BCUT2D eigenvalue weighted by atomic mass is 32.2. The molecule has 0 aromatic heterocycles. The minimum Gasteiger partial charge on any atom is -0.398 e. The van der Waals surface area contributed by atoms with Crippen LogP contribution < -0.4 is 5.73 Å². The Morgan fingerprint density at radius 3 is 2.40 bits per heavy atom. The first-order valence-corrected chi connectivity index (χ1v) is 6.47. The summed E-state index contributed by atoms with van der Waals surface area (Å²) in [4.78, 5) is -0.232. The van der Waals surface area contributed by atoms with Gasteiger partial charge in [-0.15, -0.1) is 0 Å². The van der Waals surface area contributed by atoms with E-state index < -0.39 is 10.1 Å². The molecule has 0 saturated heterocycles. The van der Waals surface area contributed by atoms with Crippen LogP contribution in [0.4, 0.5) is 5.69 Å². The van der Waals surface area contributed by atoms with Crippen molar-refractivity contribution in [1.29, 1.82) is 0 Å². The van der Waals surface area contributed by atoms with Crippen LogP contribution in [0.5, 0.6) is 0 Å². The molecule has 1 aromatic rings. The summed E-state index contributed by atoms with van der Waals surface area (Å²) in [5.74, 6) is 0.485. The Morgan fingerprint density at radius 1 is 1.40 bits per heavy atom. The molecule has 15 heavy (non-hydrogen) atoms. The normalized spacial score (nSPS) is 11.7. The van der Waals surface area contributed by atoms with Crippen molar-refractivity contribution < 1.29 is 13.0 Å². The van der Waals surface area contributed by atoms with Crippen molar-refractivity contribution in [3.8, 4) is 0 Å². The molecule has 0 aliphatic carbocycles. The summed E-state index contributed by atoms with van der Waals surface area (Å²) >= 11 is 4.12. The molecule has 0 unspecified atom stereocenters. The lowest BCUT2D eigenvalue weighted by atomic mass is 10.1. The van der Waals surface area contributed by atoms with E-state index in [0.29, 0.717) is 12.2 Å². The van der Waals surface area contributed by atoms with Gasteiger partial charge in [0.25, 0.3) is 10.1 Å². The molecule has 0 saturated carbocycles. The number of nitrogens with two attached hydrogens (primary N) is 1. The maximum atomic E-state index is 11.0. The number of benzene rings is 1. The molecule has 3 N–H and O–H groups in total. The number of nitrogen functional groups attached to an aromatic ring is 1. The molecular weight excluding hydrogens is 234 g/mol.